The summed E-state index contributed by atoms with van der Waals surface area (Å²) in [6.07, 6.45) is 4.80. The third kappa shape index (κ3) is 4.14. The van der Waals surface area contributed by atoms with Crippen LogP contribution >= 0.6 is 0 Å². The van der Waals surface area contributed by atoms with Crippen molar-refractivity contribution in [2.24, 2.45) is 0 Å². The molecule has 1 rings (SSSR count). The summed E-state index contributed by atoms with van der Waals surface area (Å²) in [5.41, 5.74) is 0.337. The van der Waals surface area contributed by atoms with Gasteiger partial charge in [0.15, 0.2) is 11.6 Å². The summed E-state index contributed by atoms with van der Waals surface area (Å²) in [7, 11) is 0. The highest BCUT2D eigenvalue weighted by atomic mass is 19.2. The summed E-state index contributed by atoms with van der Waals surface area (Å²) in [6, 6.07) is 3.42. The maximum atomic E-state index is 12.9. The molecular formula is C13H15F2NO. The van der Waals surface area contributed by atoms with Crippen LogP contribution in [0, 0.1) is 24.0 Å². The molecule has 0 amide bonds. The van der Waals surface area contributed by atoms with Crippen molar-refractivity contribution >= 4 is 0 Å². The molecule has 0 bridgehead atoms. The Hall–Kier alpha value is -1.44. The predicted molar refractivity (Wildman–Crippen MR) is 62.2 cm³/mol. The van der Waals surface area contributed by atoms with E-state index in [4.69, 9.17) is 6.42 Å². The SMILES string of the molecule is C#CCC(C)NCC(O)c1ccc(F)c(F)c1. The third-order valence-corrected chi connectivity index (χ3v) is 2.41. The van der Waals surface area contributed by atoms with Gasteiger partial charge in [-0.3, -0.25) is 0 Å². The monoisotopic (exact) mass is 239 g/mol. The molecule has 0 fully saturated rings. The first-order chi connectivity index (χ1) is 8.04. The van der Waals surface area contributed by atoms with Gasteiger partial charge in [0.2, 0.25) is 0 Å². The first kappa shape index (κ1) is 13.6. The Labute approximate surface area is 99.7 Å². The van der Waals surface area contributed by atoms with Crippen molar-refractivity contribution in [3.05, 3.63) is 35.4 Å². The van der Waals surface area contributed by atoms with Crippen molar-refractivity contribution in [2.45, 2.75) is 25.5 Å². The standard InChI is InChI=1S/C13H15F2NO/c1-3-4-9(2)16-8-13(17)10-5-6-11(14)12(15)7-10/h1,5-7,9,13,16-17H,4,8H2,2H3. The van der Waals surface area contributed by atoms with Gasteiger partial charge in [-0.2, -0.15) is 0 Å². The molecule has 17 heavy (non-hydrogen) atoms. The second kappa shape index (κ2) is 6.33. The van der Waals surface area contributed by atoms with E-state index in [1.807, 2.05) is 6.92 Å². The smallest absolute Gasteiger partial charge is 0.159 e. The zero-order valence-electron chi connectivity index (χ0n) is 9.58. The zero-order valence-corrected chi connectivity index (χ0v) is 9.58. The van der Waals surface area contributed by atoms with Gasteiger partial charge in [0.1, 0.15) is 0 Å². The average Bonchev–Trinajstić information content (AvgIpc) is 2.30. The second-order valence-corrected chi connectivity index (χ2v) is 3.91. The summed E-state index contributed by atoms with van der Waals surface area (Å²) >= 11 is 0. The molecule has 0 saturated carbocycles. The van der Waals surface area contributed by atoms with E-state index in [2.05, 4.69) is 11.2 Å². The van der Waals surface area contributed by atoms with Crippen LogP contribution in [0.25, 0.3) is 0 Å². The van der Waals surface area contributed by atoms with E-state index in [9.17, 15) is 13.9 Å². The highest BCUT2D eigenvalue weighted by Crippen LogP contribution is 2.15. The van der Waals surface area contributed by atoms with Crippen LogP contribution in [0.15, 0.2) is 18.2 Å². The number of hydrogen-bond donors (Lipinski definition) is 2. The average molecular weight is 239 g/mol. The molecule has 2 unspecified atom stereocenters. The Kier molecular flexibility index (Phi) is 5.08. The molecule has 0 aromatic heterocycles. The number of aliphatic hydroxyl groups excluding tert-OH is 1. The van der Waals surface area contributed by atoms with Gasteiger partial charge in [-0.05, 0) is 24.6 Å². The molecule has 4 heteroatoms. The Balaban J connectivity index is 2.55. The van der Waals surface area contributed by atoms with Crippen molar-refractivity contribution < 1.29 is 13.9 Å². The Morgan fingerprint density at radius 3 is 2.71 bits per heavy atom. The van der Waals surface area contributed by atoms with E-state index < -0.39 is 17.7 Å². The maximum absolute atomic E-state index is 12.9. The number of terminal acetylenes is 1. The molecule has 0 saturated heterocycles. The van der Waals surface area contributed by atoms with Crippen LogP contribution < -0.4 is 5.32 Å². The third-order valence-electron chi connectivity index (χ3n) is 2.41. The van der Waals surface area contributed by atoms with Crippen molar-refractivity contribution in [3.8, 4) is 12.3 Å². The minimum atomic E-state index is -0.960. The van der Waals surface area contributed by atoms with Crippen LogP contribution in [0.3, 0.4) is 0 Å². The van der Waals surface area contributed by atoms with Gasteiger partial charge in [-0.1, -0.05) is 6.07 Å². The molecule has 0 radical (unpaired) electrons. The molecule has 0 aliphatic rings. The highest BCUT2D eigenvalue weighted by Gasteiger charge is 2.11. The molecule has 0 heterocycles. The zero-order chi connectivity index (χ0) is 12.8. The normalized spacial score (nSPS) is 14.1. The summed E-state index contributed by atoms with van der Waals surface area (Å²) in [5, 5.41) is 12.8. The van der Waals surface area contributed by atoms with Gasteiger partial charge in [-0.15, -0.1) is 12.3 Å². The molecule has 2 atom stereocenters. The van der Waals surface area contributed by atoms with E-state index in [1.54, 1.807) is 0 Å². The summed E-state index contributed by atoms with van der Waals surface area (Å²) < 4.78 is 25.6. The maximum Gasteiger partial charge on any atom is 0.159 e. The van der Waals surface area contributed by atoms with Crippen LogP contribution in [0.1, 0.15) is 25.0 Å². The van der Waals surface area contributed by atoms with Crippen molar-refractivity contribution in [1.29, 1.82) is 0 Å². The lowest BCUT2D eigenvalue weighted by Crippen LogP contribution is -2.30. The Morgan fingerprint density at radius 2 is 2.12 bits per heavy atom. The van der Waals surface area contributed by atoms with Gasteiger partial charge in [-0.25, -0.2) is 8.78 Å². The van der Waals surface area contributed by atoms with Crippen LogP contribution in [0.4, 0.5) is 8.78 Å². The molecule has 2 nitrogen and oxygen atoms in total. The van der Waals surface area contributed by atoms with Crippen molar-refractivity contribution in [1.82, 2.24) is 5.32 Å². The number of nitrogens with one attached hydrogen (secondary N) is 1. The number of halogens is 2. The number of rotatable bonds is 5. The Morgan fingerprint density at radius 1 is 1.41 bits per heavy atom. The minimum Gasteiger partial charge on any atom is -0.387 e. The summed E-state index contributed by atoms with van der Waals surface area (Å²) in [5.74, 6) is 0.612. The fourth-order valence-electron chi connectivity index (χ4n) is 1.40. The van der Waals surface area contributed by atoms with Gasteiger partial charge >= 0.3 is 0 Å². The molecule has 0 aliphatic heterocycles. The van der Waals surface area contributed by atoms with Gasteiger partial charge in [0, 0.05) is 19.0 Å². The van der Waals surface area contributed by atoms with E-state index in [1.165, 1.54) is 6.07 Å². The van der Waals surface area contributed by atoms with Crippen LogP contribution in [0.2, 0.25) is 0 Å². The predicted octanol–water partition coefficient (Wildman–Crippen LogP) is 2.00. The molecule has 0 aliphatic carbocycles. The fraction of sp³-hybridized carbons (Fsp3) is 0.385. The summed E-state index contributed by atoms with van der Waals surface area (Å²) in [4.78, 5) is 0. The van der Waals surface area contributed by atoms with Crippen LogP contribution in [0.5, 0.6) is 0 Å². The van der Waals surface area contributed by atoms with Crippen LogP contribution in [-0.2, 0) is 0 Å². The fourth-order valence-corrected chi connectivity index (χ4v) is 1.40. The molecule has 92 valence electrons. The minimum absolute atomic E-state index is 0.0694. The van der Waals surface area contributed by atoms with E-state index in [0.717, 1.165) is 12.1 Å². The van der Waals surface area contributed by atoms with E-state index in [0.29, 0.717) is 12.0 Å². The molecular weight excluding hydrogens is 224 g/mol. The number of aliphatic hydroxyl groups is 1. The molecule has 1 aromatic rings. The molecule has 1 aromatic carbocycles. The lowest BCUT2D eigenvalue weighted by Gasteiger charge is -2.15. The largest absolute Gasteiger partial charge is 0.387 e. The molecule has 2 N–H and O–H groups in total. The van der Waals surface area contributed by atoms with Crippen LogP contribution in [-0.4, -0.2) is 17.7 Å². The second-order valence-electron chi connectivity index (χ2n) is 3.91. The topological polar surface area (TPSA) is 32.3 Å². The first-order valence-corrected chi connectivity index (χ1v) is 5.34. The quantitative estimate of drug-likeness (QED) is 0.770. The highest BCUT2D eigenvalue weighted by molar-refractivity contribution is 5.20. The lowest BCUT2D eigenvalue weighted by atomic mass is 10.1. The Bertz CT molecular complexity index is 414. The van der Waals surface area contributed by atoms with E-state index in [-0.39, 0.29) is 12.6 Å². The van der Waals surface area contributed by atoms with Crippen molar-refractivity contribution in [3.63, 3.8) is 0 Å². The molecule has 0 spiro atoms. The lowest BCUT2D eigenvalue weighted by molar-refractivity contribution is 0.170. The summed E-state index contributed by atoms with van der Waals surface area (Å²) in [6.45, 7) is 2.13. The van der Waals surface area contributed by atoms with E-state index >= 15 is 0 Å². The van der Waals surface area contributed by atoms with Gasteiger partial charge in [0.25, 0.3) is 0 Å². The van der Waals surface area contributed by atoms with Crippen molar-refractivity contribution in [2.75, 3.05) is 6.54 Å². The van der Waals surface area contributed by atoms with Gasteiger partial charge in [0.05, 0.1) is 6.10 Å². The first-order valence-electron chi connectivity index (χ1n) is 5.34. The van der Waals surface area contributed by atoms with Gasteiger partial charge < -0.3 is 10.4 Å². The number of hydrogen-bond acceptors (Lipinski definition) is 2. The number of benzene rings is 1.